The molecule has 1 aromatic carbocycles. The lowest BCUT2D eigenvalue weighted by Crippen LogP contribution is -2.42. The second kappa shape index (κ2) is 7.36. The van der Waals surface area contributed by atoms with Crippen LogP contribution in [-0.4, -0.2) is 41.8 Å². The summed E-state index contributed by atoms with van der Waals surface area (Å²) in [6.07, 6.45) is 2.55. The number of ketones is 1. The Balaban J connectivity index is 1.90. The van der Waals surface area contributed by atoms with Gasteiger partial charge in [-0.05, 0) is 33.2 Å². The van der Waals surface area contributed by atoms with Gasteiger partial charge in [0.1, 0.15) is 0 Å². The second-order valence-corrected chi connectivity index (χ2v) is 5.98. The van der Waals surface area contributed by atoms with Gasteiger partial charge in [0.2, 0.25) is 5.91 Å². The third kappa shape index (κ3) is 4.67. The van der Waals surface area contributed by atoms with E-state index in [2.05, 4.69) is 10.2 Å². The van der Waals surface area contributed by atoms with Crippen LogP contribution in [0, 0.1) is 0 Å². The minimum absolute atomic E-state index is 0.0454. The van der Waals surface area contributed by atoms with Crippen LogP contribution in [0.3, 0.4) is 0 Å². The van der Waals surface area contributed by atoms with E-state index in [1.54, 1.807) is 0 Å². The fraction of sp³-hybridized carbons (Fsp3) is 0.529. The number of carbonyl (C=O) groups is 2. The van der Waals surface area contributed by atoms with Gasteiger partial charge in [-0.2, -0.15) is 0 Å². The number of nitrogens with one attached hydrogen (secondary N) is 1. The van der Waals surface area contributed by atoms with Gasteiger partial charge < -0.3 is 5.32 Å². The number of amides is 1. The summed E-state index contributed by atoms with van der Waals surface area (Å²) in [5.74, 6) is 0.209. The largest absolute Gasteiger partial charge is 0.353 e. The van der Waals surface area contributed by atoms with Gasteiger partial charge >= 0.3 is 0 Å². The first-order chi connectivity index (χ1) is 10.1. The Kier molecular flexibility index (Phi) is 5.51. The van der Waals surface area contributed by atoms with Crippen molar-refractivity contribution in [3.63, 3.8) is 0 Å². The molecule has 1 aliphatic heterocycles. The maximum Gasteiger partial charge on any atom is 0.234 e. The lowest BCUT2D eigenvalue weighted by Gasteiger charge is -2.23. The van der Waals surface area contributed by atoms with Crippen LogP contribution in [-0.2, 0) is 4.79 Å². The lowest BCUT2D eigenvalue weighted by molar-refractivity contribution is -0.122. The zero-order valence-corrected chi connectivity index (χ0v) is 12.8. The van der Waals surface area contributed by atoms with Crippen molar-refractivity contribution in [2.75, 3.05) is 13.1 Å². The highest BCUT2D eigenvalue weighted by Gasteiger charge is 2.28. The standard InChI is InChI=1S/C17H24N2O2/c1-13(2)18-17(21)12-19-10-6-9-15(19)11-16(20)14-7-4-3-5-8-14/h3-5,7-8,13,15H,6,9-12H2,1-2H3,(H,18,21). The van der Waals surface area contributed by atoms with E-state index in [9.17, 15) is 9.59 Å². The molecule has 4 nitrogen and oxygen atoms in total. The molecular formula is C17H24N2O2. The Bertz CT molecular complexity index is 485. The molecule has 21 heavy (non-hydrogen) atoms. The predicted octanol–water partition coefficient (Wildman–Crippen LogP) is 2.25. The van der Waals surface area contributed by atoms with Crippen molar-refractivity contribution >= 4 is 11.7 Å². The zero-order chi connectivity index (χ0) is 15.2. The van der Waals surface area contributed by atoms with Crippen molar-refractivity contribution in [1.82, 2.24) is 10.2 Å². The van der Waals surface area contributed by atoms with Crippen LogP contribution in [0.5, 0.6) is 0 Å². The molecule has 4 heteroatoms. The molecule has 0 aliphatic carbocycles. The molecule has 2 rings (SSSR count). The van der Waals surface area contributed by atoms with Gasteiger partial charge in [-0.3, -0.25) is 14.5 Å². The van der Waals surface area contributed by atoms with E-state index in [0.29, 0.717) is 13.0 Å². The minimum Gasteiger partial charge on any atom is -0.353 e. The average Bonchev–Trinajstić information content (AvgIpc) is 2.86. The molecule has 0 spiro atoms. The second-order valence-electron chi connectivity index (χ2n) is 5.98. The third-order valence-corrected chi connectivity index (χ3v) is 3.81. The highest BCUT2D eigenvalue weighted by atomic mass is 16.2. The monoisotopic (exact) mass is 288 g/mol. The molecule has 1 saturated heterocycles. The van der Waals surface area contributed by atoms with E-state index in [1.807, 2.05) is 44.2 Å². The summed E-state index contributed by atoms with van der Waals surface area (Å²) in [6, 6.07) is 9.74. The van der Waals surface area contributed by atoms with Crippen LogP contribution in [0.2, 0.25) is 0 Å². The molecule has 0 radical (unpaired) electrons. The fourth-order valence-corrected chi connectivity index (χ4v) is 2.84. The van der Waals surface area contributed by atoms with E-state index in [1.165, 1.54) is 0 Å². The summed E-state index contributed by atoms with van der Waals surface area (Å²) in [6.45, 7) is 5.21. The molecule has 1 aliphatic rings. The van der Waals surface area contributed by atoms with E-state index in [4.69, 9.17) is 0 Å². The molecule has 0 aromatic heterocycles. The number of rotatable bonds is 6. The summed E-state index contributed by atoms with van der Waals surface area (Å²) in [5.41, 5.74) is 0.760. The Hall–Kier alpha value is -1.68. The number of benzene rings is 1. The number of carbonyl (C=O) groups excluding carboxylic acids is 2. The first-order valence-corrected chi connectivity index (χ1v) is 7.68. The van der Waals surface area contributed by atoms with Gasteiger partial charge in [0, 0.05) is 24.1 Å². The van der Waals surface area contributed by atoms with Gasteiger partial charge in [-0.25, -0.2) is 0 Å². The first-order valence-electron chi connectivity index (χ1n) is 7.68. The summed E-state index contributed by atoms with van der Waals surface area (Å²) >= 11 is 0. The molecule has 1 aromatic rings. The van der Waals surface area contributed by atoms with Crippen LogP contribution >= 0.6 is 0 Å². The molecular weight excluding hydrogens is 264 g/mol. The summed E-state index contributed by atoms with van der Waals surface area (Å²) < 4.78 is 0. The Labute approximate surface area is 126 Å². The minimum atomic E-state index is 0.0454. The summed E-state index contributed by atoms with van der Waals surface area (Å²) in [5, 5.41) is 2.91. The van der Waals surface area contributed by atoms with E-state index < -0.39 is 0 Å². The third-order valence-electron chi connectivity index (χ3n) is 3.81. The lowest BCUT2D eigenvalue weighted by atomic mass is 10.0. The van der Waals surface area contributed by atoms with Gasteiger partial charge in [-0.15, -0.1) is 0 Å². The van der Waals surface area contributed by atoms with Crippen molar-refractivity contribution in [2.24, 2.45) is 0 Å². The number of hydrogen-bond donors (Lipinski definition) is 1. The molecule has 0 bridgehead atoms. The first kappa shape index (κ1) is 15.7. The number of likely N-dealkylation sites (tertiary alicyclic amines) is 1. The molecule has 1 unspecified atom stereocenters. The number of Topliss-reactive ketones (excluding diaryl/α,β-unsaturated/α-hetero) is 1. The van der Waals surface area contributed by atoms with Gasteiger partial charge in [0.25, 0.3) is 0 Å². The molecule has 0 saturated carbocycles. The average molecular weight is 288 g/mol. The molecule has 1 atom stereocenters. The van der Waals surface area contributed by atoms with Crippen LogP contribution in [0.4, 0.5) is 0 Å². The predicted molar refractivity (Wildman–Crippen MR) is 83.3 cm³/mol. The Morgan fingerprint density at radius 1 is 1.29 bits per heavy atom. The highest BCUT2D eigenvalue weighted by molar-refractivity contribution is 5.96. The van der Waals surface area contributed by atoms with Gasteiger partial charge in [0.05, 0.1) is 6.54 Å². The Morgan fingerprint density at radius 3 is 2.67 bits per heavy atom. The topological polar surface area (TPSA) is 49.4 Å². The summed E-state index contributed by atoms with van der Waals surface area (Å²) in [7, 11) is 0. The SMILES string of the molecule is CC(C)NC(=O)CN1CCCC1CC(=O)c1ccccc1. The van der Waals surface area contributed by atoms with Crippen molar-refractivity contribution in [2.45, 2.75) is 45.2 Å². The van der Waals surface area contributed by atoms with Crippen molar-refractivity contribution in [1.29, 1.82) is 0 Å². The quantitative estimate of drug-likeness (QED) is 0.817. The van der Waals surface area contributed by atoms with Crippen LogP contribution in [0.1, 0.15) is 43.5 Å². The van der Waals surface area contributed by atoms with E-state index in [0.717, 1.165) is 24.9 Å². The maximum absolute atomic E-state index is 12.3. The van der Waals surface area contributed by atoms with E-state index >= 15 is 0 Å². The maximum atomic E-state index is 12.3. The van der Waals surface area contributed by atoms with Crippen molar-refractivity contribution < 1.29 is 9.59 Å². The summed E-state index contributed by atoms with van der Waals surface area (Å²) in [4.78, 5) is 26.3. The van der Waals surface area contributed by atoms with Gasteiger partial charge in [0.15, 0.2) is 5.78 Å². The smallest absolute Gasteiger partial charge is 0.234 e. The molecule has 1 fully saturated rings. The normalized spacial score (nSPS) is 18.9. The van der Waals surface area contributed by atoms with Crippen molar-refractivity contribution in [3.05, 3.63) is 35.9 Å². The molecule has 1 amide bonds. The zero-order valence-electron chi connectivity index (χ0n) is 12.8. The molecule has 1 heterocycles. The molecule has 114 valence electrons. The van der Waals surface area contributed by atoms with Gasteiger partial charge in [-0.1, -0.05) is 30.3 Å². The van der Waals surface area contributed by atoms with E-state index in [-0.39, 0.29) is 23.8 Å². The highest BCUT2D eigenvalue weighted by Crippen LogP contribution is 2.21. The Morgan fingerprint density at radius 2 is 2.00 bits per heavy atom. The van der Waals surface area contributed by atoms with Crippen LogP contribution in [0.15, 0.2) is 30.3 Å². The van der Waals surface area contributed by atoms with Crippen LogP contribution < -0.4 is 5.32 Å². The van der Waals surface area contributed by atoms with Crippen molar-refractivity contribution in [3.8, 4) is 0 Å². The molecule has 1 N–H and O–H groups in total. The number of hydrogen-bond acceptors (Lipinski definition) is 3. The fourth-order valence-electron chi connectivity index (χ4n) is 2.84. The van der Waals surface area contributed by atoms with Crippen LogP contribution in [0.25, 0.3) is 0 Å². The number of nitrogens with zero attached hydrogens (tertiary/aromatic N) is 1.